The molecular formula is C7H8N4O2. The quantitative estimate of drug-likeness (QED) is 0.671. The Balaban J connectivity index is 2.42. The average Bonchev–Trinajstić information content (AvgIpc) is 2.62. The van der Waals surface area contributed by atoms with E-state index >= 15 is 0 Å². The van der Waals surface area contributed by atoms with Crippen LogP contribution in [0.2, 0.25) is 0 Å². The van der Waals surface area contributed by atoms with Gasteiger partial charge in [-0.15, -0.1) is 0 Å². The van der Waals surface area contributed by atoms with E-state index < -0.39 is 5.97 Å². The molecule has 0 bridgehead atoms. The Morgan fingerprint density at radius 1 is 1.69 bits per heavy atom. The van der Waals surface area contributed by atoms with Gasteiger partial charge in [-0.25, -0.2) is 19.3 Å². The van der Waals surface area contributed by atoms with E-state index in [-0.39, 0.29) is 0 Å². The summed E-state index contributed by atoms with van der Waals surface area (Å²) in [6.45, 7) is 2.10. The Kier molecular flexibility index (Phi) is 1.73. The highest BCUT2D eigenvalue weighted by Gasteiger charge is 2.13. The van der Waals surface area contributed by atoms with E-state index in [4.69, 9.17) is 4.74 Å². The molecule has 0 aliphatic heterocycles. The molecule has 2 heterocycles. The second-order valence-electron chi connectivity index (χ2n) is 2.39. The standard InChI is InChI=1S/C7H8N4O2/c1-2-13-6(12)5-3-8-7-9-4-10-11(5)7/h3-4H,2H2,1H3,(H,8,9,10). The van der Waals surface area contributed by atoms with Gasteiger partial charge in [0, 0.05) is 0 Å². The minimum absolute atomic E-state index is 0.347. The summed E-state index contributed by atoms with van der Waals surface area (Å²) in [7, 11) is 0. The fraction of sp³-hybridized carbons (Fsp3) is 0.286. The molecule has 6 heteroatoms. The van der Waals surface area contributed by atoms with Crippen molar-refractivity contribution in [3.05, 3.63) is 18.2 Å². The van der Waals surface area contributed by atoms with Gasteiger partial charge in [-0.1, -0.05) is 0 Å². The second kappa shape index (κ2) is 2.89. The van der Waals surface area contributed by atoms with Crippen molar-refractivity contribution in [2.75, 3.05) is 6.61 Å². The van der Waals surface area contributed by atoms with Crippen LogP contribution in [-0.2, 0) is 4.74 Å². The number of H-pyrrole nitrogens is 1. The van der Waals surface area contributed by atoms with Crippen LogP contribution in [0.1, 0.15) is 17.4 Å². The number of fused-ring (bicyclic) bond motifs is 1. The van der Waals surface area contributed by atoms with Crippen molar-refractivity contribution in [3.63, 3.8) is 0 Å². The van der Waals surface area contributed by atoms with Crippen LogP contribution in [0.3, 0.4) is 0 Å². The number of esters is 1. The molecule has 2 aromatic heterocycles. The van der Waals surface area contributed by atoms with Crippen molar-refractivity contribution >= 4 is 11.7 Å². The van der Waals surface area contributed by atoms with Gasteiger partial charge in [0.2, 0.25) is 0 Å². The minimum Gasteiger partial charge on any atom is -0.461 e. The Bertz CT molecular complexity index is 430. The molecular weight excluding hydrogens is 172 g/mol. The summed E-state index contributed by atoms with van der Waals surface area (Å²) >= 11 is 0. The molecule has 0 unspecified atom stereocenters. The predicted molar refractivity (Wildman–Crippen MR) is 43.3 cm³/mol. The highest BCUT2D eigenvalue weighted by Crippen LogP contribution is 2.03. The summed E-state index contributed by atoms with van der Waals surface area (Å²) in [6, 6.07) is 0. The van der Waals surface area contributed by atoms with Crippen LogP contribution in [0.5, 0.6) is 0 Å². The SMILES string of the molecule is CCOC(=O)c1cnc2nc[nH]n12. The topological polar surface area (TPSA) is 72.3 Å². The molecule has 0 saturated heterocycles. The monoisotopic (exact) mass is 180 g/mol. The van der Waals surface area contributed by atoms with Gasteiger partial charge >= 0.3 is 5.97 Å². The highest BCUT2D eigenvalue weighted by molar-refractivity contribution is 5.87. The van der Waals surface area contributed by atoms with E-state index in [9.17, 15) is 4.79 Å². The zero-order valence-electron chi connectivity index (χ0n) is 7.02. The second-order valence-corrected chi connectivity index (χ2v) is 2.39. The lowest BCUT2D eigenvalue weighted by Crippen LogP contribution is -2.07. The average molecular weight is 180 g/mol. The normalized spacial score (nSPS) is 10.5. The van der Waals surface area contributed by atoms with Crippen molar-refractivity contribution in [1.29, 1.82) is 0 Å². The van der Waals surface area contributed by atoms with Crippen LogP contribution >= 0.6 is 0 Å². The summed E-state index contributed by atoms with van der Waals surface area (Å²) in [5, 5.41) is 2.75. The largest absolute Gasteiger partial charge is 0.461 e. The first-order valence-corrected chi connectivity index (χ1v) is 3.87. The number of nitrogens with zero attached hydrogens (tertiary/aromatic N) is 3. The molecule has 0 spiro atoms. The molecule has 0 fully saturated rings. The number of carbonyl (C=O) groups is 1. The van der Waals surface area contributed by atoms with Crippen LogP contribution < -0.4 is 0 Å². The number of hydrogen-bond acceptors (Lipinski definition) is 4. The van der Waals surface area contributed by atoms with E-state index in [2.05, 4.69) is 15.1 Å². The van der Waals surface area contributed by atoms with Gasteiger partial charge in [0.25, 0.3) is 5.78 Å². The molecule has 0 aliphatic rings. The summed E-state index contributed by atoms with van der Waals surface area (Å²) < 4.78 is 6.29. The first kappa shape index (κ1) is 7.78. The Morgan fingerprint density at radius 2 is 2.54 bits per heavy atom. The van der Waals surface area contributed by atoms with Gasteiger partial charge in [0.05, 0.1) is 12.8 Å². The lowest BCUT2D eigenvalue weighted by atomic mass is 10.5. The Hall–Kier alpha value is -1.85. The zero-order chi connectivity index (χ0) is 9.26. The van der Waals surface area contributed by atoms with Crippen LogP contribution in [0.25, 0.3) is 5.78 Å². The van der Waals surface area contributed by atoms with E-state index in [1.807, 2.05) is 0 Å². The maximum atomic E-state index is 11.3. The summed E-state index contributed by atoms with van der Waals surface area (Å²) in [6.07, 6.45) is 2.89. The zero-order valence-corrected chi connectivity index (χ0v) is 7.02. The fourth-order valence-corrected chi connectivity index (χ4v) is 1.05. The predicted octanol–water partition coefficient (Wildman–Crippen LogP) is 0.234. The van der Waals surface area contributed by atoms with E-state index in [1.54, 1.807) is 6.92 Å². The van der Waals surface area contributed by atoms with Gasteiger partial charge in [0.1, 0.15) is 6.33 Å². The number of carbonyl (C=O) groups excluding carboxylic acids is 1. The maximum absolute atomic E-state index is 11.3. The van der Waals surface area contributed by atoms with Crippen molar-refractivity contribution in [2.45, 2.75) is 6.92 Å². The van der Waals surface area contributed by atoms with Gasteiger partial charge in [0.15, 0.2) is 5.69 Å². The van der Waals surface area contributed by atoms with Gasteiger partial charge < -0.3 is 4.74 Å². The Morgan fingerprint density at radius 3 is 3.31 bits per heavy atom. The lowest BCUT2D eigenvalue weighted by molar-refractivity contribution is 0.0517. The van der Waals surface area contributed by atoms with Gasteiger partial charge in [-0.3, -0.25) is 5.10 Å². The molecule has 6 nitrogen and oxygen atoms in total. The third kappa shape index (κ3) is 1.16. The summed E-state index contributed by atoms with van der Waals surface area (Å²) in [5.41, 5.74) is 0.356. The molecule has 2 rings (SSSR count). The van der Waals surface area contributed by atoms with Crippen molar-refractivity contribution in [1.82, 2.24) is 19.6 Å². The molecule has 2 aromatic rings. The summed E-state index contributed by atoms with van der Waals surface area (Å²) in [4.78, 5) is 19.1. The number of imidazole rings is 1. The van der Waals surface area contributed by atoms with Crippen LogP contribution in [0.15, 0.2) is 12.5 Å². The summed E-state index contributed by atoms with van der Waals surface area (Å²) in [5.74, 6) is 0.0577. The van der Waals surface area contributed by atoms with Crippen LogP contribution in [0.4, 0.5) is 0 Å². The lowest BCUT2D eigenvalue weighted by Gasteiger charge is -1.97. The molecule has 0 atom stereocenters. The smallest absolute Gasteiger partial charge is 0.358 e. The number of rotatable bonds is 2. The number of hydrogen-bond donors (Lipinski definition) is 1. The molecule has 0 radical (unpaired) electrons. The minimum atomic E-state index is -0.403. The number of ether oxygens (including phenoxy) is 1. The van der Waals surface area contributed by atoms with E-state index in [0.29, 0.717) is 18.1 Å². The molecule has 0 amide bonds. The van der Waals surface area contributed by atoms with E-state index in [1.165, 1.54) is 17.0 Å². The molecule has 0 aliphatic carbocycles. The third-order valence-electron chi connectivity index (χ3n) is 1.59. The third-order valence-corrected chi connectivity index (χ3v) is 1.59. The van der Waals surface area contributed by atoms with E-state index in [0.717, 1.165) is 0 Å². The van der Waals surface area contributed by atoms with Crippen molar-refractivity contribution < 1.29 is 9.53 Å². The molecule has 0 saturated carbocycles. The van der Waals surface area contributed by atoms with Gasteiger partial charge in [-0.05, 0) is 6.92 Å². The number of nitrogens with one attached hydrogen (secondary N) is 1. The molecule has 1 N–H and O–H groups in total. The number of aromatic amines is 1. The molecule has 68 valence electrons. The molecule has 0 aromatic carbocycles. The van der Waals surface area contributed by atoms with Crippen molar-refractivity contribution in [2.24, 2.45) is 0 Å². The Labute approximate surface area is 73.5 Å². The highest BCUT2D eigenvalue weighted by atomic mass is 16.5. The van der Waals surface area contributed by atoms with Gasteiger partial charge in [-0.2, -0.15) is 0 Å². The number of aromatic nitrogens is 4. The van der Waals surface area contributed by atoms with Crippen LogP contribution in [-0.4, -0.2) is 32.2 Å². The van der Waals surface area contributed by atoms with Crippen LogP contribution in [0, 0.1) is 0 Å². The fourth-order valence-electron chi connectivity index (χ4n) is 1.05. The first-order chi connectivity index (χ1) is 6.33. The molecule has 13 heavy (non-hydrogen) atoms. The van der Waals surface area contributed by atoms with Crippen molar-refractivity contribution in [3.8, 4) is 0 Å². The first-order valence-electron chi connectivity index (χ1n) is 3.87. The maximum Gasteiger partial charge on any atom is 0.358 e.